The molecule has 0 radical (unpaired) electrons. The topological polar surface area (TPSA) is 89.7 Å². The SMILES string of the molecule is C=C/C=C\c1cc(C2=C3C(N)=NC=CN3C(C3CCCCCC3)N2)[nH]c1CO. The van der Waals surface area contributed by atoms with Crippen LogP contribution >= 0.6 is 0 Å². The highest BCUT2D eigenvalue weighted by Gasteiger charge is 2.38. The van der Waals surface area contributed by atoms with Crippen LogP contribution in [0, 0.1) is 5.92 Å². The van der Waals surface area contributed by atoms with Gasteiger partial charge in [-0.1, -0.05) is 50.5 Å². The molecule has 1 saturated carbocycles. The highest BCUT2D eigenvalue weighted by Crippen LogP contribution is 2.37. The van der Waals surface area contributed by atoms with E-state index in [4.69, 9.17) is 5.73 Å². The second-order valence-electron chi connectivity index (χ2n) is 7.65. The number of allylic oxidation sites excluding steroid dienone is 2. The lowest BCUT2D eigenvalue weighted by Gasteiger charge is -2.32. The normalized spacial score (nSPS) is 23.0. The number of fused-ring (bicyclic) bond motifs is 1. The Morgan fingerprint density at radius 2 is 2.07 bits per heavy atom. The minimum absolute atomic E-state index is 0.0569. The second-order valence-corrected chi connectivity index (χ2v) is 7.65. The Kier molecular flexibility index (Phi) is 5.39. The van der Waals surface area contributed by atoms with E-state index in [9.17, 15) is 5.11 Å². The average molecular weight is 380 g/mol. The molecule has 2 aliphatic heterocycles. The fraction of sp³-hybridized carbons (Fsp3) is 0.409. The molecule has 1 fully saturated rings. The van der Waals surface area contributed by atoms with Crippen molar-refractivity contribution in [3.63, 3.8) is 0 Å². The number of nitrogens with zero attached hydrogens (tertiary/aromatic N) is 2. The third kappa shape index (κ3) is 3.40. The number of H-pyrrole nitrogens is 1. The van der Waals surface area contributed by atoms with Gasteiger partial charge in [0.05, 0.1) is 18.0 Å². The van der Waals surface area contributed by atoms with Gasteiger partial charge >= 0.3 is 0 Å². The minimum Gasteiger partial charge on any atom is -0.390 e. The molecule has 4 rings (SSSR count). The maximum atomic E-state index is 9.75. The molecular formula is C22H29N5O. The Balaban J connectivity index is 1.71. The number of aliphatic imine (C=N–C) groups is 1. The van der Waals surface area contributed by atoms with E-state index >= 15 is 0 Å². The quantitative estimate of drug-likeness (QED) is 0.466. The van der Waals surface area contributed by atoms with Gasteiger partial charge in [0.15, 0.2) is 0 Å². The number of aliphatic hydroxyl groups excluding tert-OH is 1. The molecule has 3 aliphatic rings. The van der Waals surface area contributed by atoms with Crippen molar-refractivity contribution in [1.29, 1.82) is 0 Å². The zero-order valence-corrected chi connectivity index (χ0v) is 16.2. The first-order valence-electron chi connectivity index (χ1n) is 10.1. The summed E-state index contributed by atoms with van der Waals surface area (Å²) in [5.41, 5.74) is 10.8. The highest BCUT2D eigenvalue weighted by molar-refractivity contribution is 6.04. The number of aromatic amines is 1. The Morgan fingerprint density at radius 3 is 2.79 bits per heavy atom. The summed E-state index contributed by atoms with van der Waals surface area (Å²) in [6.07, 6.45) is 17.2. The van der Waals surface area contributed by atoms with E-state index < -0.39 is 0 Å². The summed E-state index contributed by atoms with van der Waals surface area (Å²) >= 11 is 0. The van der Waals surface area contributed by atoms with E-state index in [1.54, 1.807) is 12.3 Å². The van der Waals surface area contributed by atoms with Crippen molar-refractivity contribution >= 4 is 17.6 Å². The van der Waals surface area contributed by atoms with Crippen LogP contribution in [0.5, 0.6) is 0 Å². The molecule has 28 heavy (non-hydrogen) atoms. The standard InChI is InChI=1S/C22H29N5O/c1-2-3-8-16-13-17(25-18(16)14-28)19-20-21(23)24-11-12-27(20)22(26-19)15-9-6-4-5-7-10-15/h2-3,8,11-13,15,22,25-26,28H,1,4-7,9-10,14H2,(H2,23,24)/b8-3-. The van der Waals surface area contributed by atoms with E-state index in [0.717, 1.165) is 28.3 Å². The maximum absolute atomic E-state index is 9.75. The number of rotatable bonds is 5. The number of aliphatic hydroxyl groups is 1. The van der Waals surface area contributed by atoms with Crippen LogP contribution in [-0.2, 0) is 6.61 Å². The summed E-state index contributed by atoms with van der Waals surface area (Å²) in [7, 11) is 0. The molecule has 1 aromatic rings. The number of amidine groups is 1. The summed E-state index contributed by atoms with van der Waals surface area (Å²) in [6, 6.07) is 2.04. The van der Waals surface area contributed by atoms with E-state index in [1.807, 2.05) is 24.4 Å². The molecule has 1 atom stereocenters. The van der Waals surface area contributed by atoms with Crippen molar-refractivity contribution in [2.45, 2.75) is 51.3 Å². The van der Waals surface area contributed by atoms with Gasteiger partial charge in [0, 0.05) is 18.1 Å². The molecule has 0 spiro atoms. The maximum Gasteiger partial charge on any atom is 0.149 e. The second kappa shape index (κ2) is 8.10. The lowest BCUT2D eigenvalue weighted by Crippen LogP contribution is -2.42. The van der Waals surface area contributed by atoms with E-state index in [1.165, 1.54) is 38.5 Å². The van der Waals surface area contributed by atoms with Crippen LogP contribution < -0.4 is 11.1 Å². The van der Waals surface area contributed by atoms with Crippen molar-refractivity contribution in [1.82, 2.24) is 15.2 Å². The van der Waals surface area contributed by atoms with Gasteiger partial charge in [-0.3, -0.25) is 0 Å². The lowest BCUT2D eigenvalue weighted by atomic mass is 9.96. The van der Waals surface area contributed by atoms with Gasteiger partial charge in [-0.15, -0.1) is 0 Å². The van der Waals surface area contributed by atoms with Crippen LogP contribution in [0.3, 0.4) is 0 Å². The Morgan fingerprint density at radius 1 is 1.29 bits per heavy atom. The van der Waals surface area contributed by atoms with Crippen LogP contribution in [0.15, 0.2) is 47.9 Å². The molecule has 0 aromatic carbocycles. The zero-order valence-electron chi connectivity index (χ0n) is 16.2. The first-order valence-corrected chi connectivity index (χ1v) is 10.1. The Hall–Kier alpha value is -2.73. The monoisotopic (exact) mass is 379 g/mol. The van der Waals surface area contributed by atoms with Crippen molar-refractivity contribution in [2.24, 2.45) is 16.6 Å². The van der Waals surface area contributed by atoms with Gasteiger partial charge in [0.25, 0.3) is 0 Å². The molecule has 5 N–H and O–H groups in total. The molecule has 0 saturated heterocycles. The van der Waals surface area contributed by atoms with Crippen LogP contribution in [0.25, 0.3) is 11.8 Å². The van der Waals surface area contributed by atoms with E-state index in [0.29, 0.717) is 11.8 Å². The highest BCUT2D eigenvalue weighted by atomic mass is 16.3. The summed E-state index contributed by atoms with van der Waals surface area (Å²) in [5.74, 6) is 1.09. The van der Waals surface area contributed by atoms with Crippen LogP contribution in [0.1, 0.15) is 55.5 Å². The molecular weight excluding hydrogens is 350 g/mol. The van der Waals surface area contributed by atoms with Crippen LogP contribution in [-0.4, -0.2) is 27.0 Å². The number of hydrogen-bond acceptors (Lipinski definition) is 5. The molecule has 1 aliphatic carbocycles. The van der Waals surface area contributed by atoms with Gasteiger partial charge in [-0.2, -0.15) is 0 Å². The van der Waals surface area contributed by atoms with Crippen LogP contribution in [0.4, 0.5) is 0 Å². The summed E-state index contributed by atoms with van der Waals surface area (Å²) < 4.78 is 0. The molecule has 1 unspecified atom stereocenters. The molecule has 0 amide bonds. The van der Waals surface area contributed by atoms with Crippen molar-refractivity contribution in [3.05, 3.63) is 59.8 Å². The molecule has 148 valence electrons. The third-order valence-electron chi connectivity index (χ3n) is 5.89. The average Bonchev–Trinajstić information content (AvgIpc) is 3.19. The van der Waals surface area contributed by atoms with Gasteiger partial charge < -0.3 is 26.0 Å². The zero-order chi connectivity index (χ0) is 19.5. The third-order valence-corrected chi connectivity index (χ3v) is 5.89. The smallest absolute Gasteiger partial charge is 0.149 e. The van der Waals surface area contributed by atoms with E-state index in [-0.39, 0.29) is 12.8 Å². The first kappa shape index (κ1) is 18.6. The largest absolute Gasteiger partial charge is 0.390 e. The number of nitrogens with one attached hydrogen (secondary N) is 2. The molecule has 3 heterocycles. The van der Waals surface area contributed by atoms with Crippen molar-refractivity contribution in [2.75, 3.05) is 0 Å². The van der Waals surface area contributed by atoms with E-state index in [2.05, 4.69) is 26.8 Å². The molecule has 6 nitrogen and oxygen atoms in total. The fourth-order valence-corrected chi connectivity index (χ4v) is 4.50. The molecule has 0 bridgehead atoms. The predicted molar refractivity (Wildman–Crippen MR) is 114 cm³/mol. The number of aromatic nitrogens is 1. The summed E-state index contributed by atoms with van der Waals surface area (Å²) in [5, 5.41) is 13.5. The molecule has 6 heteroatoms. The van der Waals surface area contributed by atoms with Crippen LogP contribution in [0.2, 0.25) is 0 Å². The first-order chi connectivity index (χ1) is 13.7. The van der Waals surface area contributed by atoms with Gasteiger partial charge in [-0.05, 0) is 30.4 Å². The number of nitrogens with two attached hydrogens (primary N) is 1. The summed E-state index contributed by atoms with van der Waals surface area (Å²) in [6.45, 7) is 3.66. The fourth-order valence-electron chi connectivity index (χ4n) is 4.50. The number of hydrogen-bond donors (Lipinski definition) is 4. The predicted octanol–water partition coefficient (Wildman–Crippen LogP) is 3.42. The lowest BCUT2D eigenvalue weighted by molar-refractivity contribution is 0.226. The van der Waals surface area contributed by atoms with Gasteiger partial charge in [0.1, 0.15) is 17.7 Å². The Bertz CT molecular complexity index is 852. The van der Waals surface area contributed by atoms with Gasteiger partial charge in [0.2, 0.25) is 0 Å². The Labute approximate surface area is 166 Å². The summed E-state index contributed by atoms with van der Waals surface area (Å²) in [4.78, 5) is 9.93. The van der Waals surface area contributed by atoms with Crippen molar-refractivity contribution in [3.8, 4) is 0 Å². The minimum atomic E-state index is -0.0569. The van der Waals surface area contributed by atoms with Gasteiger partial charge in [-0.25, -0.2) is 4.99 Å². The van der Waals surface area contributed by atoms with Crippen molar-refractivity contribution < 1.29 is 5.11 Å². The molecule has 1 aromatic heterocycles.